The Bertz CT molecular complexity index is 1050. The number of hydrogen-bond acceptors (Lipinski definition) is 9. The number of nitrogens with zero attached hydrogens (tertiary/aromatic N) is 4. The fourth-order valence-electron chi connectivity index (χ4n) is 3.08. The van der Waals surface area contributed by atoms with E-state index in [9.17, 15) is 24.1 Å². The average Bonchev–Trinajstić information content (AvgIpc) is 3.25. The molecule has 4 rings (SSSR count). The lowest BCUT2D eigenvalue weighted by Gasteiger charge is -2.16. The molecule has 0 bridgehead atoms. The van der Waals surface area contributed by atoms with Crippen molar-refractivity contribution < 1.29 is 33.6 Å². The van der Waals surface area contributed by atoms with Gasteiger partial charge in [-0.15, -0.1) is 0 Å². The van der Waals surface area contributed by atoms with E-state index in [0.717, 1.165) is 6.07 Å². The summed E-state index contributed by atoms with van der Waals surface area (Å²) in [6, 6.07) is 3.28. The van der Waals surface area contributed by atoms with E-state index in [2.05, 4.69) is 15.0 Å². The third kappa shape index (κ3) is 3.35. The lowest BCUT2D eigenvalue weighted by Crippen LogP contribution is -2.33. The van der Waals surface area contributed by atoms with Gasteiger partial charge < -0.3 is 30.5 Å². The minimum absolute atomic E-state index is 0.0386. The Labute approximate surface area is 162 Å². The van der Waals surface area contributed by atoms with Crippen molar-refractivity contribution in [1.82, 2.24) is 19.5 Å². The van der Waals surface area contributed by atoms with Crippen molar-refractivity contribution in [3.63, 3.8) is 0 Å². The number of aromatic nitrogens is 4. The molecule has 4 atom stereocenters. The van der Waals surface area contributed by atoms with Gasteiger partial charge in [-0.2, -0.15) is 9.97 Å². The first-order chi connectivity index (χ1) is 13.9. The van der Waals surface area contributed by atoms with Crippen LogP contribution in [0.1, 0.15) is 11.8 Å². The van der Waals surface area contributed by atoms with E-state index in [4.69, 9.17) is 15.2 Å². The van der Waals surface area contributed by atoms with E-state index in [1.807, 2.05) is 0 Å². The number of aliphatic hydroxyl groups excluding tert-OH is 3. The van der Waals surface area contributed by atoms with Crippen LogP contribution in [-0.4, -0.2) is 59.8 Å². The van der Waals surface area contributed by atoms with E-state index in [1.54, 1.807) is 0 Å². The third-order valence-corrected chi connectivity index (χ3v) is 4.59. The summed E-state index contributed by atoms with van der Waals surface area (Å²) in [6.07, 6.45) is -3.44. The number of hydrogen-bond donors (Lipinski definition) is 4. The zero-order chi connectivity index (χ0) is 20.7. The topological polar surface area (TPSA) is 149 Å². The van der Waals surface area contributed by atoms with Gasteiger partial charge in [-0.25, -0.2) is 13.8 Å². The van der Waals surface area contributed by atoms with Gasteiger partial charge in [-0.05, 0) is 18.2 Å². The van der Waals surface area contributed by atoms with E-state index in [1.165, 1.54) is 23.0 Å². The first-order valence-corrected chi connectivity index (χ1v) is 8.57. The second-order valence-electron chi connectivity index (χ2n) is 6.43. The molecule has 154 valence electrons. The normalized spacial score (nSPS) is 24.3. The minimum Gasteiger partial charge on any atom is -0.424 e. The van der Waals surface area contributed by atoms with Crippen molar-refractivity contribution in [3.05, 3.63) is 35.9 Å². The molecule has 29 heavy (non-hydrogen) atoms. The van der Waals surface area contributed by atoms with E-state index in [0.29, 0.717) is 0 Å². The van der Waals surface area contributed by atoms with Gasteiger partial charge in [-0.3, -0.25) is 4.57 Å². The molecule has 3 heterocycles. The number of nitrogen functional groups attached to an aromatic ring is 1. The van der Waals surface area contributed by atoms with Crippen LogP contribution in [0.2, 0.25) is 0 Å². The molecule has 1 saturated heterocycles. The molecular weight excluding hydrogens is 392 g/mol. The van der Waals surface area contributed by atoms with E-state index >= 15 is 0 Å². The molecule has 0 amide bonds. The quantitative estimate of drug-likeness (QED) is 0.470. The molecule has 12 heteroatoms. The lowest BCUT2D eigenvalue weighted by molar-refractivity contribution is -0.0511. The molecule has 0 aliphatic carbocycles. The first-order valence-electron chi connectivity index (χ1n) is 8.57. The van der Waals surface area contributed by atoms with Gasteiger partial charge in [-0.1, -0.05) is 0 Å². The van der Waals surface area contributed by atoms with E-state index < -0.39 is 43.6 Å². The number of fused-ring (bicyclic) bond motifs is 1. The van der Waals surface area contributed by atoms with Crippen LogP contribution in [0.15, 0.2) is 24.5 Å². The van der Waals surface area contributed by atoms with Gasteiger partial charge >= 0.3 is 6.01 Å². The molecular formula is C17H17F2N5O5. The first kappa shape index (κ1) is 19.4. The molecule has 1 aliphatic rings. The molecule has 1 aromatic carbocycles. The number of alkyl halides is 1. The van der Waals surface area contributed by atoms with Gasteiger partial charge in [0, 0.05) is 5.56 Å². The van der Waals surface area contributed by atoms with Crippen LogP contribution in [0, 0.1) is 5.82 Å². The molecule has 5 N–H and O–H groups in total. The number of halogens is 2. The molecule has 0 spiro atoms. The zero-order valence-corrected chi connectivity index (χ0v) is 14.8. The van der Waals surface area contributed by atoms with Gasteiger partial charge in [0.2, 0.25) is 0 Å². The molecule has 2 aromatic heterocycles. The van der Waals surface area contributed by atoms with Gasteiger partial charge in [0.25, 0.3) is 0 Å². The van der Waals surface area contributed by atoms with Crippen LogP contribution in [0.4, 0.5) is 14.6 Å². The van der Waals surface area contributed by atoms with Crippen molar-refractivity contribution in [3.8, 4) is 11.8 Å². The molecule has 10 nitrogen and oxygen atoms in total. The molecule has 0 radical (unpaired) electrons. The maximum absolute atomic E-state index is 13.5. The monoisotopic (exact) mass is 409 g/mol. The van der Waals surface area contributed by atoms with Crippen LogP contribution in [0.5, 0.6) is 11.8 Å². The van der Waals surface area contributed by atoms with Crippen molar-refractivity contribution in [2.75, 3.05) is 12.3 Å². The average molecular weight is 409 g/mol. The fourth-order valence-corrected chi connectivity index (χ4v) is 3.08. The summed E-state index contributed by atoms with van der Waals surface area (Å²) >= 11 is 0. The smallest absolute Gasteiger partial charge is 0.326 e. The van der Waals surface area contributed by atoms with Crippen molar-refractivity contribution in [2.24, 2.45) is 0 Å². The molecule has 0 saturated carbocycles. The largest absolute Gasteiger partial charge is 0.424 e. The highest BCUT2D eigenvalue weighted by molar-refractivity contribution is 5.82. The maximum atomic E-state index is 13.5. The number of benzene rings is 1. The predicted octanol–water partition coefficient (Wildman–Crippen LogP) is 0.421. The zero-order valence-electron chi connectivity index (χ0n) is 14.8. The van der Waals surface area contributed by atoms with Crippen LogP contribution in [-0.2, 0) is 11.4 Å². The summed E-state index contributed by atoms with van der Waals surface area (Å²) in [6.45, 7) is -1.50. The third-order valence-electron chi connectivity index (χ3n) is 4.59. The lowest BCUT2D eigenvalue weighted by atomic mass is 10.1. The van der Waals surface area contributed by atoms with Crippen LogP contribution in [0.3, 0.4) is 0 Å². The summed E-state index contributed by atoms with van der Waals surface area (Å²) in [7, 11) is 0. The Morgan fingerprint density at radius 3 is 2.72 bits per heavy atom. The number of rotatable bonds is 5. The number of anilines is 1. The Morgan fingerprint density at radius 2 is 2.03 bits per heavy atom. The number of aliphatic hydroxyl groups is 3. The molecule has 1 fully saturated rings. The van der Waals surface area contributed by atoms with Gasteiger partial charge in [0.1, 0.15) is 36.6 Å². The summed E-state index contributed by atoms with van der Waals surface area (Å²) < 4.78 is 38.6. The van der Waals surface area contributed by atoms with Crippen LogP contribution in [0.25, 0.3) is 11.2 Å². The van der Waals surface area contributed by atoms with Crippen molar-refractivity contribution >= 4 is 17.0 Å². The van der Waals surface area contributed by atoms with Crippen LogP contribution >= 0.6 is 0 Å². The Hall–Kier alpha value is -2.93. The minimum atomic E-state index is -1.35. The summed E-state index contributed by atoms with van der Waals surface area (Å²) in [5, 5.41) is 29.5. The highest BCUT2D eigenvalue weighted by Gasteiger charge is 2.44. The second-order valence-corrected chi connectivity index (χ2v) is 6.43. The molecule has 0 unspecified atom stereocenters. The van der Waals surface area contributed by atoms with Crippen molar-refractivity contribution in [1.29, 1.82) is 0 Å². The fraction of sp³-hybridized carbons (Fsp3) is 0.353. The maximum Gasteiger partial charge on any atom is 0.326 e. The highest BCUT2D eigenvalue weighted by atomic mass is 19.1. The Kier molecular flexibility index (Phi) is 5.00. The van der Waals surface area contributed by atoms with Crippen molar-refractivity contribution in [2.45, 2.75) is 31.2 Å². The van der Waals surface area contributed by atoms with E-state index in [-0.39, 0.29) is 34.3 Å². The SMILES string of the molecule is Nc1nc(Oc2ccc(F)c(CF)c2)nc2c1ncn2[C@@H]1O[C@H](CO)[C@@H](O)[C@H]1O. The number of imidazole rings is 1. The standard InChI is InChI=1S/C17H17F2N5O5/c18-4-7-3-8(1-2-9(7)19)28-17-22-14(20)11-15(23-17)24(6-21-11)16-13(27)12(26)10(5-25)29-16/h1-3,6,10,12-13,16,25-27H,4-5H2,(H2,20,22,23)/t10-,12-,13-,16-/m1/s1. The summed E-state index contributed by atoms with van der Waals surface area (Å²) in [4.78, 5) is 12.2. The number of nitrogens with two attached hydrogens (primary N) is 1. The van der Waals surface area contributed by atoms with Gasteiger partial charge in [0.15, 0.2) is 23.2 Å². The highest BCUT2D eigenvalue weighted by Crippen LogP contribution is 2.33. The number of ether oxygens (including phenoxy) is 2. The Morgan fingerprint density at radius 1 is 1.24 bits per heavy atom. The molecule has 1 aliphatic heterocycles. The summed E-state index contributed by atoms with van der Waals surface area (Å²) in [5.74, 6) is -0.654. The summed E-state index contributed by atoms with van der Waals surface area (Å²) in [5.41, 5.74) is 6.04. The van der Waals surface area contributed by atoms with Crippen LogP contribution < -0.4 is 10.5 Å². The Balaban J connectivity index is 1.70. The molecule has 3 aromatic rings. The second kappa shape index (κ2) is 7.48. The predicted molar refractivity (Wildman–Crippen MR) is 94.0 cm³/mol. The van der Waals surface area contributed by atoms with Gasteiger partial charge in [0.05, 0.1) is 12.9 Å².